The number of alkyl halides is 3. The average Bonchev–Trinajstić information content (AvgIpc) is 3.41. The molecule has 2 heterocycles. The normalized spacial score (nSPS) is 15.6. The van der Waals surface area contributed by atoms with Crippen molar-refractivity contribution >= 4 is 5.91 Å². The Labute approximate surface area is 215 Å². The Morgan fingerprint density at radius 2 is 1.73 bits per heavy atom. The number of rotatable bonds is 8. The van der Waals surface area contributed by atoms with Crippen molar-refractivity contribution in [2.24, 2.45) is 0 Å². The average molecular weight is 515 g/mol. The molecule has 4 rings (SSSR count). The van der Waals surface area contributed by atoms with Gasteiger partial charge in [0.2, 0.25) is 0 Å². The van der Waals surface area contributed by atoms with Gasteiger partial charge < -0.3 is 14.2 Å². The van der Waals surface area contributed by atoms with Crippen molar-refractivity contribution in [3.05, 3.63) is 82.9 Å². The first-order valence-electron chi connectivity index (χ1n) is 12.5. The Hall–Kier alpha value is -3.33. The number of ether oxygens (including phenoxy) is 1. The second kappa shape index (κ2) is 11.4. The van der Waals surface area contributed by atoms with Crippen molar-refractivity contribution in [3.63, 3.8) is 0 Å². The molecule has 1 aliphatic heterocycles. The van der Waals surface area contributed by atoms with Gasteiger partial charge in [-0.3, -0.25) is 9.69 Å². The lowest BCUT2D eigenvalue weighted by atomic mass is 9.96. The first-order valence-corrected chi connectivity index (χ1v) is 12.5. The Balaban J connectivity index is 1.31. The van der Waals surface area contributed by atoms with Gasteiger partial charge in [-0.15, -0.1) is 0 Å². The summed E-state index contributed by atoms with van der Waals surface area (Å²) in [5.41, 5.74) is 3.08. The summed E-state index contributed by atoms with van der Waals surface area (Å²) in [6.45, 7) is 10.3. The number of carbonyl (C=O) groups excluding carboxylic acids is 1. The van der Waals surface area contributed by atoms with E-state index in [2.05, 4.69) is 36.7 Å². The topological polar surface area (TPSA) is 50.6 Å². The molecule has 1 amide bonds. The van der Waals surface area contributed by atoms with Gasteiger partial charge >= 0.3 is 6.18 Å². The monoisotopic (exact) mass is 514 g/mol. The molecule has 3 aromatic rings. The molecule has 37 heavy (non-hydrogen) atoms. The van der Waals surface area contributed by atoms with Crippen LogP contribution in [0.25, 0.3) is 0 Å². The zero-order chi connectivity index (χ0) is 26.6. The summed E-state index contributed by atoms with van der Waals surface area (Å²) >= 11 is 0. The predicted molar refractivity (Wildman–Crippen MR) is 136 cm³/mol. The van der Waals surface area contributed by atoms with Crippen LogP contribution < -0.4 is 4.74 Å². The lowest BCUT2D eigenvalue weighted by Gasteiger charge is -2.39. The number of halogens is 3. The summed E-state index contributed by atoms with van der Waals surface area (Å²) < 4.78 is 46.5. The van der Waals surface area contributed by atoms with E-state index < -0.39 is 11.7 Å². The minimum atomic E-state index is -4.41. The number of hydrogen-bond donors (Lipinski definition) is 0. The van der Waals surface area contributed by atoms with Gasteiger partial charge in [-0.25, -0.2) is 4.98 Å². The SMILES string of the molecule is Cc1c(OCCCn2ccnc2)ccc([C@@H](C)N2CCN(C(=O)c3ccc(C(F)(F)F)cc3)CC2)c1C. The third-order valence-corrected chi connectivity index (χ3v) is 7.22. The molecule has 2 aromatic carbocycles. The van der Waals surface area contributed by atoms with E-state index in [1.165, 1.54) is 23.3 Å². The molecule has 6 nitrogen and oxygen atoms in total. The Kier molecular flexibility index (Phi) is 8.22. The maximum atomic E-state index is 12.8. The van der Waals surface area contributed by atoms with E-state index in [1.54, 1.807) is 17.4 Å². The lowest BCUT2D eigenvalue weighted by Crippen LogP contribution is -2.49. The fraction of sp³-hybridized carbons (Fsp3) is 0.429. The van der Waals surface area contributed by atoms with Crippen molar-refractivity contribution in [3.8, 4) is 5.75 Å². The molecule has 1 saturated heterocycles. The van der Waals surface area contributed by atoms with E-state index in [0.29, 0.717) is 32.8 Å². The summed E-state index contributed by atoms with van der Waals surface area (Å²) in [5.74, 6) is 0.661. The first kappa shape index (κ1) is 26.7. The minimum absolute atomic E-state index is 0.164. The Morgan fingerprint density at radius 1 is 1.03 bits per heavy atom. The molecule has 0 unspecified atom stereocenters. The number of nitrogens with zero attached hydrogens (tertiary/aromatic N) is 4. The van der Waals surface area contributed by atoms with Crippen LogP contribution in [-0.2, 0) is 12.7 Å². The fourth-order valence-electron chi connectivity index (χ4n) is 4.77. The van der Waals surface area contributed by atoms with Crippen molar-refractivity contribution in [1.82, 2.24) is 19.4 Å². The summed E-state index contributed by atoms with van der Waals surface area (Å²) in [6.07, 6.45) is 1.99. The standard InChI is InChI=1S/C28H33F3N4O2/c1-20-21(2)26(37-18-4-12-33-13-11-32-19-33)10-9-25(20)22(3)34-14-16-35(17-15-34)27(36)23-5-7-24(8-6-23)28(29,30)31/h5-11,13,19,22H,4,12,14-18H2,1-3H3/t22-/m1/s1. The van der Waals surface area contributed by atoms with Gasteiger partial charge in [0, 0.05) is 56.7 Å². The van der Waals surface area contributed by atoms with Crippen molar-refractivity contribution < 1.29 is 22.7 Å². The molecular weight excluding hydrogens is 481 g/mol. The van der Waals surface area contributed by atoms with Crippen LogP contribution >= 0.6 is 0 Å². The first-order chi connectivity index (χ1) is 17.6. The zero-order valence-electron chi connectivity index (χ0n) is 21.5. The number of piperazine rings is 1. The molecule has 0 N–H and O–H groups in total. The largest absolute Gasteiger partial charge is 0.493 e. The smallest absolute Gasteiger partial charge is 0.416 e. The van der Waals surface area contributed by atoms with Crippen LogP contribution in [0.4, 0.5) is 13.2 Å². The summed E-state index contributed by atoms with van der Waals surface area (Å²) in [5, 5.41) is 0. The van der Waals surface area contributed by atoms with E-state index in [9.17, 15) is 18.0 Å². The number of carbonyl (C=O) groups is 1. The van der Waals surface area contributed by atoms with Crippen molar-refractivity contribution in [1.29, 1.82) is 0 Å². The molecule has 198 valence electrons. The number of hydrogen-bond acceptors (Lipinski definition) is 4. The highest BCUT2D eigenvalue weighted by Crippen LogP contribution is 2.32. The second-order valence-corrected chi connectivity index (χ2v) is 9.48. The molecule has 0 aliphatic carbocycles. The Morgan fingerprint density at radius 3 is 2.35 bits per heavy atom. The molecule has 0 spiro atoms. The maximum Gasteiger partial charge on any atom is 0.416 e. The fourth-order valence-corrected chi connectivity index (χ4v) is 4.77. The predicted octanol–water partition coefficient (Wildman–Crippen LogP) is 5.51. The molecule has 9 heteroatoms. The number of amides is 1. The van der Waals surface area contributed by atoms with E-state index in [0.717, 1.165) is 36.4 Å². The summed E-state index contributed by atoms with van der Waals surface area (Å²) in [6, 6.07) is 8.76. The summed E-state index contributed by atoms with van der Waals surface area (Å²) in [7, 11) is 0. The van der Waals surface area contributed by atoms with Crippen molar-refractivity contribution in [2.45, 2.75) is 46.0 Å². The molecule has 1 atom stereocenters. The van der Waals surface area contributed by atoms with Gasteiger partial charge in [0.1, 0.15) is 5.75 Å². The third-order valence-electron chi connectivity index (χ3n) is 7.22. The van der Waals surface area contributed by atoms with Gasteiger partial charge in [0.25, 0.3) is 5.91 Å². The number of benzene rings is 2. The van der Waals surface area contributed by atoms with Crippen LogP contribution in [0.3, 0.4) is 0 Å². The molecular formula is C28H33F3N4O2. The van der Waals surface area contributed by atoms with E-state index >= 15 is 0 Å². The van der Waals surface area contributed by atoms with E-state index in [-0.39, 0.29) is 17.5 Å². The molecule has 1 aromatic heterocycles. The highest BCUT2D eigenvalue weighted by molar-refractivity contribution is 5.94. The van der Waals surface area contributed by atoms with Gasteiger partial charge in [-0.05, 0) is 74.2 Å². The van der Waals surface area contributed by atoms with Gasteiger partial charge in [0.05, 0.1) is 18.5 Å². The molecule has 0 bridgehead atoms. The van der Waals surface area contributed by atoms with Crippen LogP contribution in [0.2, 0.25) is 0 Å². The molecule has 0 saturated carbocycles. The second-order valence-electron chi connectivity index (χ2n) is 9.48. The van der Waals surface area contributed by atoms with Gasteiger partial charge in [-0.2, -0.15) is 13.2 Å². The van der Waals surface area contributed by atoms with Crippen LogP contribution in [0.15, 0.2) is 55.1 Å². The quantitative estimate of drug-likeness (QED) is 0.372. The van der Waals surface area contributed by atoms with Crippen LogP contribution in [0.5, 0.6) is 5.75 Å². The zero-order valence-corrected chi connectivity index (χ0v) is 21.5. The highest BCUT2D eigenvalue weighted by atomic mass is 19.4. The van der Waals surface area contributed by atoms with Crippen LogP contribution in [0, 0.1) is 13.8 Å². The minimum Gasteiger partial charge on any atom is -0.493 e. The number of imidazole rings is 1. The van der Waals surface area contributed by atoms with Crippen molar-refractivity contribution in [2.75, 3.05) is 32.8 Å². The number of aromatic nitrogens is 2. The van der Waals surface area contributed by atoms with Gasteiger partial charge in [-0.1, -0.05) is 6.07 Å². The van der Waals surface area contributed by atoms with E-state index in [1.807, 2.05) is 16.8 Å². The van der Waals surface area contributed by atoms with Gasteiger partial charge in [0.15, 0.2) is 0 Å². The molecule has 1 fully saturated rings. The third kappa shape index (κ3) is 6.33. The summed E-state index contributed by atoms with van der Waals surface area (Å²) in [4.78, 5) is 20.9. The van der Waals surface area contributed by atoms with Crippen LogP contribution in [0.1, 0.15) is 52.0 Å². The lowest BCUT2D eigenvalue weighted by molar-refractivity contribution is -0.137. The Bertz CT molecular complexity index is 1190. The molecule has 1 aliphatic rings. The number of aryl methyl sites for hydroxylation is 1. The van der Waals surface area contributed by atoms with Crippen LogP contribution in [-0.4, -0.2) is 58.0 Å². The highest BCUT2D eigenvalue weighted by Gasteiger charge is 2.31. The maximum absolute atomic E-state index is 12.8. The van der Waals surface area contributed by atoms with E-state index in [4.69, 9.17) is 4.74 Å². The molecule has 0 radical (unpaired) electrons.